The first-order valence-electron chi connectivity index (χ1n) is 10.6. The van der Waals surface area contributed by atoms with Gasteiger partial charge in [-0.2, -0.15) is 0 Å². The first kappa shape index (κ1) is 25.5. The Hall–Kier alpha value is -3.10. The van der Waals surface area contributed by atoms with Gasteiger partial charge in [-0.1, -0.05) is 22.0 Å². The molecule has 0 atom stereocenters. The molecular weight excluding hydrogens is 518 g/mol. The number of anilines is 1. The Morgan fingerprint density at radius 2 is 1.85 bits per heavy atom. The number of hydrogen-bond acceptors (Lipinski definition) is 6. The number of esters is 1. The second-order valence-electron chi connectivity index (χ2n) is 7.34. The third-order valence-corrected chi connectivity index (χ3v) is 6.69. The van der Waals surface area contributed by atoms with Gasteiger partial charge in [-0.3, -0.25) is 4.79 Å². The van der Waals surface area contributed by atoms with Crippen molar-refractivity contribution >= 4 is 50.2 Å². The molecule has 0 aliphatic carbocycles. The number of ether oxygens (including phenoxy) is 3. The van der Waals surface area contributed by atoms with Crippen molar-refractivity contribution in [3.8, 4) is 11.5 Å². The average molecular weight is 544 g/mol. The molecule has 0 aliphatic rings. The van der Waals surface area contributed by atoms with Gasteiger partial charge in [0.1, 0.15) is 23.1 Å². The molecule has 1 heterocycles. The molecule has 1 amide bonds. The first-order valence-corrected chi connectivity index (χ1v) is 12.2. The molecule has 0 radical (unpaired) electrons. The molecule has 0 spiro atoms. The van der Waals surface area contributed by atoms with Gasteiger partial charge in [0.2, 0.25) is 5.91 Å². The number of nitrogens with one attached hydrogen (secondary N) is 1. The number of thiophene rings is 1. The van der Waals surface area contributed by atoms with Crippen molar-refractivity contribution in [1.82, 2.24) is 0 Å². The van der Waals surface area contributed by atoms with Crippen molar-refractivity contribution in [3.05, 3.63) is 80.1 Å². The highest BCUT2D eigenvalue weighted by atomic mass is 79.9. The lowest BCUT2D eigenvalue weighted by molar-refractivity contribution is -0.111. The molecule has 3 rings (SSSR count). The first-order chi connectivity index (χ1) is 16.3. The summed E-state index contributed by atoms with van der Waals surface area (Å²) in [6.45, 7) is 6.09. The Morgan fingerprint density at radius 3 is 2.53 bits per heavy atom. The summed E-state index contributed by atoms with van der Waals surface area (Å²) < 4.78 is 17.4. The highest BCUT2D eigenvalue weighted by Gasteiger charge is 2.21. The fraction of sp³-hybridized carbons (Fsp3) is 0.231. The van der Waals surface area contributed by atoms with Gasteiger partial charge < -0.3 is 19.5 Å². The second kappa shape index (κ2) is 11.9. The van der Waals surface area contributed by atoms with Crippen molar-refractivity contribution < 1.29 is 23.8 Å². The molecule has 3 aromatic rings. The number of halogens is 1. The minimum absolute atomic E-state index is 0.270. The Kier molecular flexibility index (Phi) is 8.90. The molecule has 34 heavy (non-hydrogen) atoms. The molecule has 0 unspecified atom stereocenters. The zero-order chi connectivity index (χ0) is 24.7. The van der Waals surface area contributed by atoms with E-state index in [9.17, 15) is 9.59 Å². The van der Waals surface area contributed by atoms with Gasteiger partial charge >= 0.3 is 5.97 Å². The molecule has 0 bridgehead atoms. The standard InChI is InChI=1S/C26H26BrNO5S/c1-5-32-26(30)24-16(2)17(3)34-25(24)28-23(29)13-7-18-6-12-22(31-4)19(14-18)15-33-21-10-8-20(27)9-11-21/h6-14H,5,15H2,1-4H3,(H,28,29)/b13-7+. The molecule has 0 fully saturated rings. The zero-order valence-electron chi connectivity index (χ0n) is 19.4. The molecule has 6 nitrogen and oxygen atoms in total. The van der Waals surface area contributed by atoms with Crippen LogP contribution in [0.4, 0.5) is 5.00 Å². The lowest BCUT2D eigenvalue weighted by atomic mass is 10.1. The van der Waals surface area contributed by atoms with Crippen LogP contribution >= 0.6 is 27.3 Å². The number of methoxy groups -OCH3 is 1. The fourth-order valence-corrected chi connectivity index (χ4v) is 4.51. The Morgan fingerprint density at radius 1 is 1.12 bits per heavy atom. The summed E-state index contributed by atoms with van der Waals surface area (Å²) in [7, 11) is 1.60. The third-order valence-electron chi connectivity index (χ3n) is 5.04. The van der Waals surface area contributed by atoms with Crippen LogP contribution in [0, 0.1) is 13.8 Å². The van der Waals surface area contributed by atoms with Crippen LogP contribution in [0.25, 0.3) is 6.08 Å². The van der Waals surface area contributed by atoms with E-state index < -0.39 is 5.97 Å². The third kappa shape index (κ3) is 6.48. The van der Waals surface area contributed by atoms with Crippen molar-refractivity contribution in [2.75, 3.05) is 19.0 Å². The van der Waals surface area contributed by atoms with Gasteiger partial charge in [0.25, 0.3) is 0 Å². The molecule has 8 heteroatoms. The van der Waals surface area contributed by atoms with E-state index in [1.807, 2.05) is 56.3 Å². The number of aryl methyl sites for hydroxylation is 1. The molecular formula is C26H26BrNO5S. The van der Waals surface area contributed by atoms with Crippen molar-refractivity contribution in [1.29, 1.82) is 0 Å². The van der Waals surface area contributed by atoms with Crippen LogP contribution in [-0.2, 0) is 16.1 Å². The highest BCUT2D eigenvalue weighted by molar-refractivity contribution is 9.10. The van der Waals surface area contributed by atoms with E-state index in [1.165, 1.54) is 17.4 Å². The fourth-order valence-electron chi connectivity index (χ4n) is 3.20. The number of amides is 1. The largest absolute Gasteiger partial charge is 0.496 e. The van der Waals surface area contributed by atoms with E-state index in [0.29, 0.717) is 22.9 Å². The normalized spacial score (nSPS) is 10.9. The van der Waals surface area contributed by atoms with Crippen LogP contribution in [0.3, 0.4) is 0 Å². The van der Waals surface area contributed by atoms with Gasteiger partial charge in [-0.15, -0.1) is 11.3 Å². The van der Waals surface area contributed by atoms with Crippen LogP contribution in [0.2, 0.25) is 0 Å². The maximum atomic E-state index is 12.6. The van der Waals surface area contributed by atoms with Gasteiger partial charge in [0, 0.05) is 21.0 Å². The van der Waals surface area contributed by atoms with Crippen LogP contribution in [0.15, 0.2) is 53.0 Å². The quantitative estimate of drug-likeness (QED) is 0.245. The predicted octanol–water partition coefficient (Wildman–Crippen LogP) is 6.54. The number of carbonyl (C=O) groups is 2. The van der Waals surface area contributed by atoms with Gasteiger partial charge in [0.05, 0.1) is 19.3 Å². The molecule has 0 saturated carbocycles. The Labute approximate surface area is 211 Å². The summed E-state index contributed by atoms with van der Waals surface area (Å²) >= 11 is 4.76. The molecule has 2 aromatic carbocycles. The number of benzene rings is 2. The van der Waals surface area contributed by atoms with Crippen molar-refractivity contribution in [3.63, 3.8) is 0 Å². The zero-order valence-corrected chi connectivity index (χ0v) is 21.8. The van der Waals surface area contributed by atoms with E-state index >= 15 is 0 Å². The molecule has 1 aromatic heterocycles. The van der Waals surface area contributed by atoms with Crippen LogP contribution in [0.1, 0.15) is 38.8 Å². The number of carbonyl (C=O) groups excluding carboxylic acids is 2. The number of rotatable bonds is 9. The topological polar surface area (TPSA) is 73.9 Å². The second-order valence-corrected chi connectivity index (χ2v) is 9.48. The van der Waals surface area contributed by atoms with Crippen molar-refractivity contribution in [2.24, 2.45) is 0 Å². The smallest absolute Gasteiger partial charge is 0.341 e. The lowest BCUT2D eigenvalue weighted by Crippen LogP contribution is -2.12. The monoisotopic (exact) mass is 543 g/mol. The predicted molar refractivity (Wildman–Crippen MR) is 139 cm³/mol. The summed E-state index contributed by atoms with van der Waals surface area (Å²) in [5.74, 6) is 0.663. The van der Waals surface area contributed by atoms with E-state index in [4.69, 9.17) is 14.2 Å². The van der Waals surface area contributed by atoms with E-state index in [-0.39, 0.29) is 12.5 Å². The summed E-state index contributed by atoms with van der Waals surface area (Å²) in [4.78, 5) is 25.9. The lowest BCUT2D eigenvalue weighted by Gasteiger charge is -2.11. The van der Waals surface area contributed by atoms with Gasteiger partial charge in [-0.05, 0) is 74.4 Å². The summed E-state index contributed by atoms with van der Waals surface area (Å²) in [6.07, 6.45) is 3.13. The summed E-state index contributed by atoms with van der Waals surface area (Å²) in [5.41, 5.74) is 2.88. The van der Waals surface area contributed by atoms with Gasteiger partial charge in [-0.25, -0.2) is 4.79 Å². The van der Waals surface area contributed by atoms with E-state index in [1.54, 1.807) is 20.1 Å². The summed E-state index contributed by atoms with van der Waals surface area (Å²) in [6, 6.07) is 13.2. The summed E-state index contributed by atoms with van der Waals surface area (Å²) in [5, 5.41) is 3.30. The van der Waals surface area contributed by atoms with E-state index in [0.717, 1.165) is 31.8 Å². The highest BCUT2D eigenvalue weighted by Crippen LogP contribution is 2.33. The number of hydrogen-bond donors (Lipinski definition) is 1. The minimum Gasteiger partial charge on any atom is -0.496 e. The Bertz CT molecular complexity index is 1200. The molecule has 0 saturated heterocycles. The van der Waals surface area contributed by atoms with Crippen LogP contribution in [-0.4, -0.2) is 25.6 Å². The van der Waals surface area contributed by atoms with E-state index in [2.05, 4.69) is 21.2 Å². The maximum Gasteiger partial charge on any atom is 0.341 e. The van der Waals surface area contributed by atoms with Crippen LogP contribution in [0.5, 0.6) is 11.5 Å². The molecule has 178 valence electrons. The van der Waals surface area contributed by atoms with Gasteiger partial charge in [0.15, 0.2) is 0 Å². The van der Waals surface area contributed by atoms with Crippen LogP contribution < -0.4 is 14.8 Å². The average Bonchev–Trinajstić information content (AvgIpc) is 3.10. The maximum absolute atomic E-state index is 12.6. The Balaban J connectivity index is 1.72. The minimum atomic E-state index is -0.436. The van der Waals surface area contributed by atoms with Crippen molar-refractivity contribution in [2.45, 2.75) is 27.4 Å². The SMILES string of the molecule is CCOC(=O)c1c(NC(=O)/C=C/c2ccc(OC)c(COc3ccc(Br)cc3)c2)sc(C)c1C. The molecule has 0 aliphatic heterocycles. The molecule has 1 N–H and O–H groups in total.